The number of fused-ring (bicyclic) bond motifs is 1. The predicted octanol–water partition coefficient (Wildman–Crippen LogP) is 1.05. The Morgan fingerprint density at radius 3 is 2.95 bits per heavy atom. The first-order chi connectivity index (χ1) is 10.5. The second-order valence-corrected chi connectivity index (χ2v) is 6.57. The van der Waals surface area contributed by atoms with Crippen molar-refractivity contribution in [2.45, 2.75) is 45.2 Å². The molecular formula is C16H24N4O2. The maximum atomic E-state index is 12.5. The number of nitrogens with zero attached hydrogens (tertiary/aromatic N) is 4. The van der Waals surface area contributed by atoms with Crippen molar-refractivity contribution in [1.82, 2.24) is 19.6 Å². The van der Waals surface area contributed by atoms with Gasteiger partial charge in [-0.1, -0.05) is 0 Å². The minimum Gasteiger partial charge on any atom is -0.342 e. The number of piperidine rings is 1. The van der Waals surface area contributed by atoms with Gasteiger partial charge in [0.2, 0.25) is 11.8 Å². The fourth-order valence-corrected chi connectivity index (χ4v) is 3.71. The molecular weight excluding hydrogens is 280 g/mol. The molecule has 6 heteroatoms. The molecule has 2 amide bonds. The highest BCUT2D eigenvalue weighted by Crippen LogP contribution is 2.29. The van der Waals surface area contributed by atoms with Gasteiger partial charge in [0, 0.05) is 38.8 Å². The Morgan fingerprint density at radius 2 is 2.23 bits per heavy atom. The molecule has 0 saturated carbocycles. The summed E-state index contributed by atoms with van der Waals surface area (Å²) in [5.74, 6) is 0.785. The topological polar surface area (TPSA) is 58.4 Å². The van der Waals surface area contributed by atoms with Crippen molar-refractivity contribution in [2.24, 2.45) is 5.92 Å². The molecule has 120 valence electrons. The normalized spacial score (nSPS) is 25.8. The monoisotopic (exact) mass is 304 g/mol. The van der Waals surface area contributed by atoms with Gasteiger partial charge in [-0.25, -0.2) is 0 Å². The fraction of sp³-hybridized carbons (Fsp3) is 0.688. The lowest BCUT2D eigenvalue weighted by molar-refractivity contribution is -0.137. The van der Waals surface area contributed by atoms with Crippen LogP contribution >= 0.6 is 0 Å². The van der Waals surface area contributed by atoms with Gasteiger partial charge >= 0.3 is 0 Å². The van der Waals surface area contributed by atoms with Crippen LogP contribution in [0.4, 0.5) is 0 Å². The van der Waals surface area contributed by atoms with Gasteiger partial charge in [-0.3, -0.25) is 14.3 Å². The molecule has 2 saturated heterocycles. The number of carbonyl (C=O) groups excluding carboxylic acids is 2. The lowest BCUT2D eigenvalue weighted by Crippen LogP contribution is -2.52. The van der Waals surface area contributed by atoms with Gasteiger partial charge in [-0.15, -0.1) is 0 Å². The highest BCUT2D eigenvalue weighted by atomic mass is 16.2. The van der Waals surface area contributed by atoms with Crippen LogP contribution in [0.2, 0.25) is 0 Å². The van der Waals surface area contributed by atoms with Crippen molar-refractivity contribution in [2.75, 3.05) is 20.1 Å². The third-order valence-electron chi connectivity index (χ3n) is 4.96. The molecule has 0 aliphatic carbocycles. The second-order valence-electron chi connectivity index (χ2n) is 6.57. The van der Waals surface area contributed by atoms with E-state index in [9.17, 15) is 9.59 Å². The Hall–Kier alpha value is -1.85. The number of rotatable bonds is 2. The molecule has 2 aliphatic rings. The van der Waals surface area contributed by atoms with Crippen LogP contribution < -0.4 is 0 Å². The lowest BCUT2D eigenvalue weighted by atomic mass is 9.88. The van der Waals surface area contributed by atoms with E-state index in [0.29, 0.717) is 24.9 Å². The average Bonchev–Trinajstić information content (AvgIpc) is 2.85. The van der Waals surface area contributed by atoms with E-state index < -0.39 is 0 Å². The zero-order valence-corrected chi connectivity index (χ0v) is 13.4. The van der Waals surface area contributed by atoms with E-state index in [-0.39, 0.29) is 11.8 Å². The van der Waals surface area contributed by atoms with Crippen molar-refractivity contribution in [3.8, 4) is 0 Å². The number of hydrogen-bond acceptors (Lipinski definition) is 3. The Labute approximate surface area is 131 Å². The molecule has 2 atom stereocenters. The molecule has 2 fully saturated rings. The van der Waals surface area contributed by atoms with Crippen molar-refractivity contribution in [3.63, 3.8) is 0 Å². The third kappa shape index (κ3) is 3.00. The zero-order chi connectivity index (χ0) is 15.7. The lowest BCUT2D eigenvalue weighted by Gasteiger charge is -2.41. The fourth-order valence-electron chi connectivity index (χ4n) is 3.71. The Kier molecular flexibility index (Phi) is 4.18. The smallest absolute Gasteiger partial charge is 0.244 e. The van der Waals surface area contributed by atoms with Crippen LogP contribution in [0.15, 0.2) is 12.4 Å². The highest BCUT2D eigenvalue weighted by Gasteiger charge is 2.36. The summed E-state index contributed by atoms with van der Waals surface area (Å²) in [7, 11) is 1.91. The van der Waals surface area contributed by atoms with E-state index in [1.165, 1.54) is 0 Å². The third-order valence-corrected chi connectivity index (χ3v) is 4.96. The van der Waals surface area contributed by atoms with E-state index >= 15 is 0 Å². The quantitative estimate of drug-likeness (QED) is 0.820. The van der Waals surface area contributed by atoms with Crippen molar-refractivity contribution < 1.29 is 9.59 Å². The molecule has 3 rings (SSSR count). The minimum absolute atomic E-state index is 0.125. The Balaban J connectivity index is 1.63. The Morgan fingerprint density at radius 1 is 1.41 bits per heavy atom. The number of carbonyl (C=O) groups is 2. The van der Waals surface area contributed by atoms with Crippen LogP contribution in [0.3, 0.4) is 0 Å². The van der Waals surface area contributed by atoms with Crippen LogP contribution in [-0.2, 0) is 16.1 Å². The molecule has 3 heterocycles. The summed E-state index contributed by atoms with van der Waals surface area (Å²) in [6.07, 6.45) is 7.16. The van der Waals surface area contributed by atoms with Gasteiger partial charge in [-0.05, 0) is 37.7 Å². The molecule has 0 aromatic carbocycles. The number of likely N-dealkylation sites (tertiary alicyclic amines) is 2. The number of hydrogen-bond donors (Lipinski definition) is 0. The molecule has 0 unspecified atom stereocenters. The average molecular weight is 304 g/mol. The summed E-state index contributed by atoms with van der Waals surface area (Å²) in [6, 6.07) is 0.297. The van der Waals surface area contributed by atoms with Gasteiger partial charge in [-0.2, -0.15) is 5.10 Å². The number of amides is 2. The van der Waals surface area contributed by atoms with Crippen LogP contribution in [0.1, 0.15) is 31.2 Å². The van der Waals surface area contributed by atoms with E-state index in [1.54, 1.807) is 10.9 Å². The molecule has 1 aromatic heterocycles. The Bertz CT molecular complexity index is 568. The van der Waals surface area contributed by atoms with Crippen molar-refractivity contribution in [3.05, 3.63) is 18.0 Å². The summed E-state index contributed by atoms with van der Waals surface area (Å²) in [6.45, 7) is 3.77. The van der Waals surface area contributed by atoms with Crippen LogP contribution in [0, 0.1) is 12.8 Å². The molecule has 0 spiro atoms. The predicted molar refractivity (Wildman–Crippen MR) is 82.1 cm³/mol. The van der Waals surface area contributed by atoms with Crippen LogP contribution in [0.25, 0.3) is 0 Å². The SMILES string of the molecule is Cc1cnn(CC(=O)N2CC[C@@H]3[C@@H](CCCC(=O)N3C)C2)c1. The van der Waals surface area contributed by atoms with Gasteiger partial charge < -0.3 is 9.80 Å². The maximum Gasteiger partial charge on any atom is 0.244 e. The molecule has 0 radical (unpaired) electrons. The summed E-state index contributed by atoms with van der Waals surface area (Å²) in [5, 5.41) is 4.19. The second kappa shape index (κ2) is 6.10. The molecule has 0 bridgehead atoms. The molecule has 0 N–H and O–H groups in total. The van der Waals surface area contributed by atoms with Gasteiger partial charge in [0.25, 0.3) is 0 Å². The first kappa shape index (κ1) is 15.1. The highest BCUT2D eigenvalue weighted by molar-refractivity contribution is 5.77. The maximum absolute atomic E-state index is 12.5. The summed E-state index contributed by atoms with van der Waals surface area (Å²) >= 11 is 0. The van der Waals surface area contributed by atoms with Crippen molar-refractivity contribution in [1.29, 1.82) is 0 Å². The minimum atomic E-state index is 0.125. The number of aryl methyl sites for hydroxylation is 1. The van der Waals surface area contributed by atoms with Crippen LogP contribution in [0.5, 0.6) is 0 Å². The molecule has 22 heavy (non-hydrogen) atoms. The standard InChI is InChI=1S/C16H24N4O2/c1-12-8-17-20(9-12)11-16(22)19-7-6-14-13(10-19)4-3-5-15(21)18(14)2/h8-9,13-14H,3-7,10-11H2,1-2H3/t13-,14+/m0/s1. The van der Waals surface area contributed by atoms with E-state index in [0.717, 1.165) is 37.9 Å². The van der Waals surface area contributed by atoms with Gasteiger partial charge in [0.1, 0.15) is 6.54 Å². The number of aromatic nitrogens is 2. The first-order valence-corrected chi connectivity index (χ1v) is 8.07. The molecule has 2 aliphatic heterocycles. The first-order valence-electron chi connectivity index (χ1n) is 8.07. The zero-order valence-electron chi connectivity index (χ0n) is 13.4. The van der Waals surface area contributed by atoms with Crippen molar-refractivity contribution >= 4 is 11.8 Å². The summed E-state index contributed by atoms with van der Waals surface area (Å²) in [4.78, 5) is 28.3. The molecule has 6 nitrogen and oxygen atoms in total. The summed E-state index contributed by atoms with van der Waals surface area (Å²) < 4.78 is 1.70. The van der Waals surface area contributed by atoms with Gasteiger partial charge in [0.15, 0.2) is 0 Å². The van der Waals surface area contributed by atoms with E-state index in [1.807, 2.05) is 30.0 Å². The largest absolute Gasteiger partial charge is 0.342 e. The van der Waals surface area contributed by atoms with E-state index in [2.05, 4.69) is 5.10 Å². The molecule has 1 aromatic rings. The van der Waals surface area contributed by atoms with E-state index in [4.69, 9.17) is 0 Å². The van der Waals surface area contributed by atoms with Crippen LogP contribution in [-0.4, -0.2) is 57.6 Å². The van der Waals surface area contributed by atoms with Gasteiger partial charge in [0.05, 0.1) is 6.20 Å². The summed E-state index contributed by atoms with van der Waals surface area (Å²) in [5.41, 5.74) is 1.07.